The van der Waals surface area contributed by atoms with Crippen LogP contribution in [0, 0.1) is 0 Å². The number of halogens is 1. The monoisotopic (exact) mass is 402 g/mol. The molecule has 0 saturated carbocycles. The Balaban J connectivity index is 1.99. The fourth-order valence-corrected chi connectivity index (χ4v) is 2.98. The lowest BCUT2D eigenvalue weighted by Crippen LogP contribution is -2.47. The number of amides is 2. The van der Waals surface area contributed by atoms with Gasteiger partial charge in [-0.2, -0.15) is 0 Å². The summed E-state index contributed by atoms with van der Waals surface area (Å²) in [5.41, 5.74) is 0.814. The number of para-hydroxylation sites is 1. The van der Waals surface area contributed by atoms with Crippen LogP contribution in [0.1, 0.15) is 32.3 Å². The maximum Gasteiger partial charge on any atom is 0.242 e. The van der Waals surface area contributed by atoms with Crippen molar-refractivity contribution >= 4 is 23.4 Å². The van der Waals surface area contributed by atoms with Crippen molar-refractivity contribution in [2.24, 2.45) is 0 Å². The third kappa shape index (κ3) is 6.57. The van der Waals surface area contributed by atoms with Gasteiger partial charge in [0.2, 0.25) is 11.8 Å². The number of benzene rings is 2. The molecule has 1 atom stereocenters. The van der Waals surface area contributed by atoms with E-state index in [2.05, 4.69) is 5.32 Å². The average Bonchev–Trinajstić information content (AvgIpc) is 2.71. The third-order valence-electron chi connectivity index (χ3n) is 4.36. The lowest BCUT2D eigenvalue weighted by atomic mass is 10.1. The number of rotatable bonds is 10. The van der Waals surface area contributed by atoms with Crippen molar-refractivity contribution in [2.75, 3.05) is 13.2 Å². The molecular weight excluding hydrogens is 376 g/mol. The van der Waals surface area contributed by atoms with Crippen molar-refractivity contribution in [1.82, 2.24) is 10.2 Å². The van der Waals surface area contributed by atoms with E-state index in [0.717, 1.165) is 11.3 Å². The highest BCUT2D eigenvalue weighted by Crippen LogP contribution is 2.19. The van der Waals surface area contributed by atoms with Gasteiger partial charge in [-0.3, -0.25) is 9.59 Å². The lowest BCUT2D eigenvalue weighted by Gasteiger charge is -2.29. The van der Waals surface area contributed by atoms with Gasteiger partial charge in [0.25, 0.3) is 0 Å². The number of nitrogens with zero attached hydrogens (tertiary/aromatic N) is 1. The molecule has 0 aliphatic heterocycles. The SMILES string of the molecule is CCNC(=O)[C@H](C)N(Cc1ccccc1Cl)C(=O)CCCOc1ccccc1. The van der Waals surface area contributed by atoms with Gasteiger partial charge in [-0.25, -0.2) is 0 Å². The van der Waals surface area contributed by atoms with Gasteiger partial charge >= 0.3 is 0 Å². The van der Waals surface area contributed by atoms with E-state index in [0.29, 0.717) is 31.0 Å². The molecule has 2 rings (SSSR count). The summed E-state index contributed by atoms with van der Waals surface area (Å²) in [5, 5.41) is 3.36. The summed E-state index contributed by atoms with van der Waals surface area (Å²) in [6, 6.07) is 16.3. The third-order valence-corrected chi connectivity index (χ3v) is 4.73. The highest BCUT2D eigenvalue weighted by atomic mass is 35.5. The van der Waals surface area contributed by atoms with Gasteiger partial charge in [-0.1, -0.05) is 48.0 Å². The topological polar surface area (TPSA) is 58.6 Å². The first kappa shape index (κ1) is 21.8. The van der Waals surface area contributed by atoms with Crippen molar-refractivity contribution in [3.05, 3.63) is 65.2 Å². The molecule has 1 N–H and O–H groups in total. The normalized spacial score (nSPS) is 11.5. The number of hydrogen-bond donors (Lipinski definition) is 1. The van der Waals surface area contributed by atoms with Gasteiger partial charge < -0.3 is 15.0 Å². The van der Waals surface area contributed by atoms with E-state index in [1.165, 1.54) is 0 Å². The number of hydrogen-bond acceptors (Lipinski definition) is 3. The Bertz CT molecular complexity index is 767. The van der Waals surface area contributed by atoms with E-state index in [-0.39, 0.29) is 18.4 Å². The highest BCUT2D eigenvalue weighted by Gasteiger charge is 2.26. The molecule has 0 saturated heterocycles. The predicted octanol–water partition coefficient (Wildman–Crippen LogP) is 4.05. The summed E-state index contributed by atoms with van der Waals surface area (Å²) in [5.74, 6) is 0.498. The number of carbonyl (C=O) groups is 2. The molecule has 0 fully saturated rings. The molecule has 0 aliphatic rings. The van der Waals surface area contributed by atoms with E-state index in [1.807, 2.05) is 55.5 Å². The zero-order chi connectivity index (χ0) is 20.4. The standard InChI is InChI=1S/C22H27ClN2O3/c1-3-24-22(27)17(2)25(16-18-10-7-8-13-20(18)23)21(26)14-9-15-28-19-11-5-4-6-12-19/h4-8,10-13,17H,3,9,14-16H2,1-2H3,(H,24,27)/t17-/m0/s1. The summed E-state index contributed by atoms with van der Waals surface area (Å²) in [4.78, 5) is 26.8. The van der Waals surface area contributed by atoms with Crippen molar-refractivity contribution < 1.29 is 14.3 Å². The molecule has 0 heterocycles. The first-order chi connectivity index (χ1) is 13.5. The van der Waals surface area contributed by atoms with Crippen molar-refractivity contribution in [1.29, 1.82) is 0 Å². The molecule has 28 heavy (non-hydrogen) atoms. The van der Waals surface area contributed by atoms with E-state index in [9.17, 15) is 9.59 Å². The fraction of sp³-hybridized carbons (Fsp3) is 0.364. The molecule has 0 bridgehead atoms. The average molecular weight is 403 g/mol. The zero-order valence-corrected chi connectivity index (χ0v) is 17.1. The Labute approximate surface area is 171 Å². The van der Waals surface area contributed by atoms with Gasteiger partial charge in [0, 0.05) is 24.5 Å². The Kier molecular flexibility index (Phi) is 8.82. The highest BCUT2D eigenvalue weighted by molar-refractivity contribution is 6.31. The van der Waals surface area contributed by atoms with E-state index >= 15 is 0 Å². The van der Waals surface area contributed by atoms with Crippen molar-refractivity contribution in [2.45, 2.75) is 39.3 Å². The van der Waals surface area contributed by atoms with Crippen LogP contribution < -0.4 is 10.1 Å². The largest absolute Gasteiger partial charge is 0.494 e. The number of nitrogens with one attached hydrogen (secondary N) is 1. The Morgan fingerprint density at radius 2 is 1.79 bits per heavy atom. The van der Waals surface area contributed by atoms with Crippen LogP contribution in [-0.2, 0) is 16.1 Å². The van der Waals surface area contributed by atoms with Crippen LogP contribution >= 0.6 is 11.6 Å². The molecule has 0 radical (unpaired) electrons. The minimum Gasteiger partial charge on any atom is -0.494 e. The Hall–Kier alpha value is -2.53. The first-order valence-electron chi connectivity index (χ1n) is 9.51. The van der Waals surface area contributed by atoms with Gasteiger partial charge in [0.15, 0.2) is 0 Å². The molecule has 150 valence electrons. The molecule has 6 heteroatoms. The molecule has 0 aromatic heterocycles. The van der Waals surface area contributed by atoms with Crippen LogP contribution in [0.4, 0.5) is 0 Å². The Morgan fingerprint density at radius 3 is 2.46 bits per heavy atom. The molecule has 0 unspecified atom stereocenters. The second-order valence-electron chi connectivity index (χ2n) is 6.45. The van der Waals surface area contributed by atoms with Crippen LogP contribution in [0.15, 0.2) is 54.6 Å². The van der Waals surface area contributed by atoms with Crippen molar-refractivity contribution in [3.63, 3.8) is 0 Å². The predicted molar refractivity (Wildman–Crippen MR) is 111 cm³/mol. The zero-order valence-electron chi connectivity index (χ0n) is 16.4. The smallest absolute Gasteiger partial charge is 0.242 e. The fourth-order valence-electron chi connectivity index (χ4n) is 2.79. The van der Waals surface area contributed by atoms with E-state index in [4.69, 9.17) is 16.3 Å². The van der Waals surface area contributed by atoms with Gasteiger partial charge in [-0.05, 0) is 44.0 Å². The number of ether oxygens (including phenoxy) is 1. The minimum absolute atomic E-state index is 0.102. The van der Waals surface area contributed by atoms with E-state index < -0.39 is 6.04 Å². The Morgan fingerprint density at radius 1 is 1.11 bits per heavy atom. The maximum atomic E-state index is 12.9. The minimum atomic E-state index is -0.584. The summed E-state index contributed by atoms with van der Waals surface area (Å²) in [7, 11) is 0. The van der Waals surface area contributed by atoms with Crippen LogP contribution in [0.5, 0.6) is 5.75 Å². The molecule has 5 nitrogen and oxygen atoms in total. The number of likely N-dealkylation sites (N-methyl/N-ethyl adjacent to an activating group) is 1. The molecule has 2 aromatic carbocycles. The molecule has 2 aromatic rings. The second kappa shape index (κ2) is 11.3. The van der Waals surface area contributed by atoms with Crippen LogP contribution in [0.25, 0.3) is 0 Å². The summed E-state index contributed by atoms with van der Waals surface area (Å²) in [6.45, 7) is 4.83. The van der Waals surface area contributed by atoms with Crippen LogP contribution in [0.3, 0.4) is 0 Å². The molecule has 2 amide bonds. The van der Waals surface area contributed by atoms with Crippen LogP contribution in [0.2, 0.25) is 5.02 Å². The molecular formula is C22H27ClN2O3. The van der Waals surface area contributed by atoms with Gasteiger partial charge in [0.05, 0.1) is 6.61 Å². The lowest BCUT2D eigenvalue weighted by molar-refractivity contribution is -0.140. The summed E-state index contributed by atoms with van der Waals surface area (Å²) < 4.78 is 5.65. The van der Waals surface area contributed by atoms with Crippen LogP contribution in [-0.4, -0.2) is 35.9 Å². The summed E-state index contributed by atoms with van der Waals surface area (Å²) in [6.07, 6.45) is 0.857. The van der Waals surface area contributed by atoms with E-state index in [1.54, 1.807) is 17.9 Å². The first-order valence-corrected chi connectivity index (χ1v) is 9.89. The van der Waals surface area contributed by atoms with Gasteiger partial charge in [0.1, 0.15) is 11.8 Å². The molecule has 0 spiro atoms. The quantitative estimate of drug-likeness (QED) is 0.610. The van der Waals surface area contributed by atoms with Crippen molar-refractivity contribution in [3.8, 4) is 5.75 Å². The summed E-state index contributed by atoms with van der Waals surface area (Å²) >= 11 is 6.25. The molecule has 0 aliphatic carbocycles. The van der Waals surface area contributed by atoms with Gasteiger partial charge in [-0.15, -0.1) is 0 Å². The second-order valence-corrected chi connectivity index (χ2v) is 6.86. The number of carbonyl (C=O) groups excluding carboxylic acids is 2. The maximum absolute atomic E-state index is 12.9.